The number of halogens is 2. The van der Waals surface area contributed by atoms with Crippen LogP contribution in [0.5, 0.6) is 0 Å². The Morgan fingerprint density at radius 3 is 2.25 bits per heavy atom. The Kier molecular flexibility index (Phi) is 8.96. The summed E-state index contributed by atoms with van der Waals surface area (Å²) in [4.78, 5) is 17.9. The zero-order chi connectivity index (χ0) is 15.8. The lowest BCUT2D eigenvalue weighted by Crippen LogP contribution is -1.93. The van der Waals surface area contributed by atoms with Gasteiger partial charge in [0.1, 0.15) is 0 Å². The van der Waals surface area contributed by atoms with Crippen molar-refractivity contribution in [1.82, 2.24) is 0 Å². The van der Waals surface area contributed by atoms with Crippen molar-refractivity contribution in [2.24, 2.45) is 5.50 Å². The minimum absolute atomic E-state index is 0.0727. The second-order valence-electron chi connectivity index (χ2n) is 3.54. The molecule has 0 aliphatic rings. The van der Waals surface area contributed by atoms with Crippen LogP contribution in [0, 0.1) is 10.1 Å². The number of non-ortho nitro benzene ring substituents is 1. The van der Waals surface area contributed by atoms with Crippen LogP contribution >= 0.6 is 30.9 Å². The van der Waals surface area contributed by atoms with Crippen molar-refractivity contribution in [3.63, 3.8) is 0 Å². The minimum atomic E-state index is -3.65. The summed E-state index contributed by atoms with van der Waals surface area (Å²) < 4.78 is 13.5. The van der Waals surface area contributed by atoms with Gasteiger partial charge < -0.3 is 9.42 Å². The highest BCUT2D eigenvalue weighted by atomic mass is 35.5. The van der Waals surface area contributed by atoms with Crippen molar-refractivity contribution < 1.29 is 18.9 Å². The lowest BCUT2D eigenvalue weighted by atomic mass is 10.1. The first-order valence-electron chi connectivity index (χ1n) is 5.32. The quantitative estimate of drug-likeness (QED) is 0.366. The summed E-state index contributed by atoms with van der Waals surface area (Å²) >= 11 is 11.5. The number of rotatable bonds is 5. The fraction of sp³-hybridized carbons (Fsp3) is 0.400. The van der Waals surface area contributed by atoms with E-state index in [0.29, 0.717) is 12.3 Å². The molecule has 0 radical (unpaired) electrons. The molecule has 0 saturated carbocycles. The standard InChI is InChI=1S/C9H9Cl2NO2.CH6NO3P/c10-6-5-9(11)7-1-3-8(4-2-7)12(13)14;1-5-6(2,3)4/h1-4,9H,5-6H2;1H3,(H3,2,3,4). The van der Waals surface area contributed by atoms with Gasteiger partial charge in [-0.1, -0.05) is 12.1 Å². The van der Waals surface area contributed by atoms with Crippen molar-refractivity contribution in [2.75, 3.05) is 13.0 Å². The second-order valence-corrected chi connectivity index (χ2v) is 5.94. The van der Waals surface area contributed by atoms with Gasteiger partial charge in [-0.05, 0) is 12.0 Å². The van der Waals surface area contributed by atoms with Crippen LogP contribution in [0.1, 0.15) is 17.4 Å². The molecule has 0 amide bonds. The smallest absolute Gasteiger partial charge is 0.313 e. The molecule has 0 heterocycles. The van der Waals surface area contributed by atoms with E-state index < -0.39 is 12.7 Å². The highest BCUT2D eigenvalue weighted by Crippen LogP contribution is 2.28. The third kappa shape index (κ3) is 8.47. The Morgan fingerprint density at radius 2 is 1.95 bits per heavy atom. The molecule has 1 rings (SSSR count). The van der Waals surface area contributed by atoms with E-state index in [0.717, 1.165) is 12.7 Å². The molecule has 1 aromatic carbocycles. The van der Waals surface area contributed by atoms with Crippen LogP contribution < -0.4 is 5.50 Å². The molecule has 10 heteroatoms. The first-order valence-corrected chi connectivity index (χ1v) is 7.94. The fourth-order valence-corrected chi connectivity index (χ4v) is 1.65. The molecule has 0 aliphatic heterocycles. The topological polar surface area (TPSA) is 116 Å². The summed E-state index contributed by atoms with van der Waals surface area (Å²) in [5.74, 6) is 0.477. The molecule has 2 atom stereocenters. The lowest BCUT2D eigenvalue weighted by Gasteiger charge is -2.06. The second kappa shape index (κ2) is 9.28. The van der Waals surface area contributed by atoms with E-state index in [-0.39, 0.29) is 11.1 Å². The first-order chi connectivity index (χ1) is 9.21. The van der Waals surface area contributed by atoms with Gasteiger partial charge in [0.25, 0.3) is 5.69 Å². The summed E-state index contributed by atoms with van der Waals surface area (Å²) in [6, 6.07) is 6.20. The number of hydrogen-bond donors (Lipinski definition) is 2. The summed E-state index contributed by atoms with van der Waals surface area (Å²) in [5, 5.41) is 10.2. The van der Waals surface area contributed by atoms with Gasteiger partial charge in [-0.25, -0.2) is 10.1 Å². The molecule has 0 aliphatic carbocycles. The van der Waals surface area contributed by atoms with E-state index in [1.165, 1.54) is 12.1 Å². The largest absolute Gasteiger partial charge is 0.399 e. The van der Waals surface area contributed by atoms with Gasteiger partial charge in [0.05, 0.1) is 10.3 Å². The molecule has 0 saturated heterocycles. The summed E-state index contributed by atoms with van der Waals surface area (Å²) in [6.45, 7) is 0. The SMILES string of the molecule is COP(N)(=O)O.O=[N+]([O-])c1ccc(C(Cl)CCCl)cc1. The molecule has 0 aromatic heterocycles. The lowest BCUT2D eigenvalue weighted by molar-refractivity contribution is -0.384. The van der Waals surface area contributed by atoms with Gasteiger partial charge in [-0.15, -0.1) is 23.2 Å². The number of alkyl halides is 2. The van der Waals surface area contributed by atoms with Crippen LogP contribution in [0.15, 0.2) is 24.3 Å². The molecule has 3 N–H and O–H groups in total. The fourth-order valence-electron chi connectivity index (χ4n) is 1.07. The zero-order valence-corrected chi connectivity index (χ0v) is 13.0. The Bertz CT molecular complexity index is 465. The van der Waals surface area contributed by atoms with E-state index >= 15 is 0 Å². The van der Waals surface area contributed by atoms with Crippen molar-refractivity contribution in [3.05, 3.63) is 39.9 Å². The monoisotopic (exact) mass is 344 g/mol. The highest BCUT2D eigenvalue weighted by molar-refractivity contribution is 7.50. The number of hydrogen-bond acceptors (Lipinski definition) is 4. The number of nitro groups is 1. The molecule has 2 unspecified atom stereocenters. The molecule has 1 aromatic rings. The van der Waals surface area contributed by atoms with E-state index in [1.807, 2.05) is 0 Å². The minimum Gasteiger partial charge on any atom is -0.313 e. The maximum atomic E-state index is 10.4. The van der Waals surface area contributed by atoms with Crippen LogP contribution in [-0.2, 0) is 9.09 Å². The summed E-state index contributed by atoms with van der Waals surface area (Å²) in [7, 11) is -2.58. The molecule has 7 nitrogen and oxygen atoms in total. The van der Waals surface area contributed by atoms with Crippen molar-refractivity contribution in [1.29, 1.82) is 0 Å². The van der Waals surface area contributed by atoms with Gasteiger partial charge in [0, 0.05) is 25.1 Å². The van der Waals surface area contributed by atoms with Crippen molar-refractivity contribution in [2.45, 2.75) is 11.8 Å². The van der Waals surface area contributed by atoms with Crippen LogP contribution in [0.2, 0.25) is 0 Å². The summed E-state index contributed by atoms with van der Waals surface area (Å²) in [5.41, 5.74) is 5.36. The number of nitro benzene ring substituents is 1. The number of nitrogens with two attached hydrogens (primary N) is 1. The van der Waals surface area contributed by atoms with Gasteiger partial charge in [0.2, 0.25) is 0 Å². The van der Waals surface area contributed by atoms with E-state index in [4.69, 9.17) is 28.1 Å². The third-order valence-electron chi connectivity index (χ3n) is 2.09. The Balaban J connectivity index is 0.000000511. The number of benzene rings is 1. The van der Waals surface area contributed by atoms with Crippen molar-refractivity contribution >= 4 is 36.6 Å². The molecule has 114 valence electrons. The molecular weight excluding hydrogens is 330 g/mol. The zero-order valence-electron chi connectivity index (χ0n) is 10.6. The Labute approximate surface area is 126 Å². The van der Waals surface area contributed by atoms with Crippen LogP contribution in [0.3, 0.4) is 0 Å². The Hall–Kier alpha value is -0.690. The van der Waals surface area contributed by atoms with Crippen molar-refractivity contribution in [3.8, 4) is 0 Å². The average molecular weight is 345 g/mol. The van der Waals surface area contributed by atoms with Crippen LogP contribution in [-0.4, -0.2) is 22.8 Å². The van der Waals surface area contributed by atoms with Gasteiger partial charge >= 0.3 is 7.75 Å². The first kappa shape index (κ1) is 19.3. The van der Waals surface area contributed by atoms with Crippen LogP contribution in [0.4, 0.5) is 5.69 Å². The maximum Gasteiger partial charge on any atom is 0.399 e. The van der Waals surface area contributed by atoms with E-state index in [2.05, 4.69) is 10.0 Å². The maximum absolute atomic E-state index is 10.4. The highest BCUT2D eigenvalue weighted by Gasteiger charge is 2.09. The third-order valence-corrected chi connectivity index (χ3v) is 3.30. The molecule has 0 fully saturated rings. The number of nitrogens with zero attached hydrogens (tertiary/aromatic N) is 1. The van der Waals surface area contributed by atoms with Gasteiger partial charge in [-0.2, -0.15) is 0 Å². The summed E-state index contributed by atoms with van der Waals surface area (Å²) in [6.07, 6.45) is 0.654. The van der Waals surface area contributed by atoms with E-state index in [1.54, 1.807) is 12.1 Å². The van der Waals surface area contributed by atoms with Crippen LogP contribution in [0.25, 0.3) is 0 Å². The molecular formula is C10H15Cl2N2O5P. The average Bonchev–Trinajstić information content (AvgIpc) is 2.39. The molecule has 20 heavy (non-hydrogen) atoms. The predicted molar refractivity (Wildman–Crippen MR) is 78.0 cm³/mol. The normalized spacial score (nSPS) is 14.7. The van der Waals surface area contributed by atoms with Gasteiger partial charge in [-0.3, -0.25) is 10.1 Å². The molecule has 0 bridgehead atoms. The van der Waals surface area contributed by atoms with Gasteiger partial charge in [0.15, 0.2) is 0 Å². The molecule has 0 spiro atoms. The van der Waals surface area contributed by atoms with E-state index in [9.17, 15) is 14.7 Å². The predicted octanol–water partition coefficient (Wildman–Crippen LogP) is 3.20. The Morgan fingerprint density at radius 1 is 1.50 bits per heavy atom.